The number of sulfonamides is 1. The predicted molar refractivity (Wildman–Crippen MR) is 108 cm³/mol. The van der Waals surface area contributed by atoms with Gasteiger partial charge in [0.2, 0.25) is 10.0 Å². The third-order valence-corrected chi connectivity index (χ3v) is 6.86. The van der Waals surface area contributed by atoms with Crippen LogP contribution in [0.5, 0.6) is 11.6 Å². The Balaban J connectivity index is 1.13. The lowest BCUT2D eigenvalue weighted by molar-refractivity contribution is 0.0851. The molecule has 1 N–H and O–H groups in total. The Morgan fingerprint density at radius 2 is 1.93 bits per heavy atom. The van der Waals surface area contributed by atoms with Gasteiger partial charge in [-0.1, -0.05) is 24.3 Å². The van der Waals surface area contributed by atoms with Gasteiger partial charge in [0.05, 0.1) is 6.26 Å². The lowest BCUT2D eigenvalue weighted by Gasteiger charge is -2.26. The van der Waals surface area contributed by atoms with Gasteiger partial charge in [0.1, 0.15) is 6.61 Å². The Morgan fingerprint density at radius 1 is 1.17 bits per heavy atom. The summed E-state index contributed by atoms with van der Waals surface area (Å²) >= 11 is 0. The number of benzene rings is 1. The summed E-state index contributed by atoms with van der Waals surface area (Å²) in [5.74, 6) is 3.00. The van der Waals surface area contributed by atoms with Crippen molar-refractivity contribution in [2.45, 2.75) is 12.6 Å². The molecule has 0 radical (unpaired) electrons. The van der Waals surface area contributed by atoms with E-state index < -0.39 is 10.0 Å². The van der Waals surface area contributed by atoms with Gasteiger partial charge in [0.25, 0.3) is 5.88 Å². The number of rotatable bonds is 6. The highest BCUT2D eigenvalue weighted by molar-refractivity contribution is 7.88. The zero-order chi connectivity index (χ0) is 20.0. The van der Waals surface area contributed by atoms with Crippen molar-refractivity contribution in [1.29, 1.82) is 0 Å². The van der Waals surface area contributed by atoms with Crippen LogP contribution in [0.25, 0.3) is 0 Å². The molecule has 1 saturated carbocycles. The first kappa shape index (κ1) is 18.8. The van der Waals surface area contributed by atoms with E-state index in [0.29, 0.717) is 42.5 Å². The summed E-state index contributed by atoms with van der Waals surface area (Å²) < 4.78 is 36.9. The molecule has 1 saturated heterocycles. The van der Waals surface area contributed by atoms with Gasteiger partial charge >= 0.3 is 0 Å². The second kappa shape index (κ2) is 7.27. The molecule has 3 aliphatic rings. The first-order valence-electron chi connectivity index (χ1n) is 9.96. The number of likely N-dealkylation sites (tertiary alicyclic amines) is 1. The van der Waals surface area contributed by atoms with E-state index in [1.165, 1.54) is 11.8 Å². The average molecular weight is 416 g/mol. The molecule has 0 spiro atoms. The van der Waals surface area contributed by atoms with Crippen LogP contribution < -0.4 is 14.2 Å². The molecule has 1 aliphatic carbocycles. The molecule has 8 heteroatoms. The zero-order valence-corrected chi connectivity index (χ0v) is 17.1. The van der Waals surface area contributed by atoms with Crippen LogP contribution in [0.1, 0.15) is 17.2 Å². The number of ether oxygens (including phenoxy) is 2. The first-order valence-corrected chi connectivity index (χ1v) is 11.9. The van der Waals surface area contributed by atoms with Crippen LogP contribution in [-0.4, -0.2) is 50.8 Å². The van der Waals surface area contributed by atoms with E-state index in [-0.39, 0.29) is 6.10 Å². The lowest BCUT2D eigenvalue weighted by Crippen LogP contribution is -2.29. The number of hydrogen-bond donors (Lipinski definition) is 1. The van der Waals surface area contributed by atoms with Gasteiger partial charge in [0.15, 0.2) is 11.9 Å². The summed E-state index contributed by atoms with van der Waals surface area (Å²) in [6.45, 7) is 4.08. The molecular weight excluding hydrogens is 390 g/mol. The number of aromatic nitrogens is 1. The number of fused-ring (bicyclic) bond motifs is 2. The van der Waals surface area contributed by atoms with Crippen LogP contribution in [0.3, 0.4) is 0 Å². The van der Waals surface area contributed by atoms with Crippen molar-refractivity contribution in [3.05, 3.63) is 53.7 Å². The fourth-order valence-corrected chi connectivity index (χ4v) is 5.08. The SMILES string of the molecule is CS(=O)(=O)NC[C@@H]1C2CN(Cc3ccc([C@H]4COc5cccnc5O4)cc3)C[C@H]21. The molecule has 4 atom stereocenters. The van der Waals surface area contributed by atoms with Crippen molar-refractivity contribution in [2.75, 3.05) is 32.5 Å². The number of piperidine rings is 1. The van der Waals surface area contributed by atoms with E-state index in [4.69, 9.17) is 9.47 Å². The Labute approximate surface area is 171 Å². The third-order valence-electron chi connectivity index (χ3n) is 6.17. The summed E-state index contributed by atoms with van der Waals surface area (Å²) in [7, 11) is -3.09. The Hall–Kier alpha value is -2.16. The Kier molecular flexibility index (Phi) is 4.72. The van der Waals surface area contributed by atoms with Crippen molar-refractivity contribution in [3.8, 4) is 11.6 Å². The Bertz CT molecular complexity index is 983. The Morgan fingerprint density at radius 3 is 2.66 bits per heavy atom. The molecular formula is C21H25N3O4S. The third kappa shape index (κ3) is 4.10. The highest BCUT2D eigenvalue weighted by Crippen LogP contribution is 2.51. The minimum Gasteiger partial charge on any atom is -0.484 e. The average Bonchev–Trinajstić information content (AvgIpc) is 3.17. The van der Waals surface area contributed by atoms with E-state index in [9.17, 15) is 8.42 Å². The minimum absolute atomic E-state index is 0.144. The van der Waals surface area contributed by atoms with Crippen LogP contribution in [0.2, 0.25) is 0 Å². The molecule has 2 fully saturated rings. The largest absolute Gasteiger partial charge is 0.484 e. The second-order valence-electron chi connectivity index (χ2n) is 8.27. The monoisotopic (exact) mass is 415 g/mol. The van der Waals surface area contributed by atoms with Gasteiger partial charge in [-0.15, -0.1) is 0 Å². The maximum Gasteiger partial charge on any atom is 0.257 e. The summed E-state index contributed by atoms with van der Waals surface area (Å²) in [5, 5.41) is 0. The van der Waals surface area contributed by atoms with Crippen molar-refractivity contribution < 1.29 is 17.9 Å². The number of hydrogen-bond acceptors (Lipinski definition) is 6. The van der Waals surface area contributed by atoms with Gasteiger partial charge in [-0.2, -0.15) is 0 Å². The molecule has 0 amide bonds. The molecule has 5 rings (SSSR count). The van der Waals surface area contributed by atoms with Crippen molar-refractivity contribution in [1.82, 2.24) is 14.6 Å². The van der Waals surface area contributed by atoms with Gasteiger partial charge in [-0.3, -0.25) is 4.90 Å². The van der Waals surface area contributed by atoms with E-state index in [1.54, 1.807) is 6.20 Å². The van der Waals surface area contributed by atoms with E-state index in [1.807, 2.05) is 12.1 Å². The molecule has 2 aliphatic heterocycles. The predicted octanol–water partition coefficient (Wildman–Crippen LogP) is 1.82. The van der Waals surface area contributed by atoms with Crippen LogP contribution in [0.4, 0.5) is 0 Å². The molecule has 2 aromatic rings. The van der Waals surface area contributed by atoms with Crippen LogP contribution >= 0.6 is 0 Å². The maximum atomic E-state index is 11.2. The van der Waals surface area contributed by atoms with Gasteiger partial charge in [-0.25, -0.2) is 18.1 Å². The summed E-state index contributed by atoms with van der Waals surface area (Å²) in [4.78, 5) is 6.69. The lowest BCUT2D eigenvalue weighted by atomic mass is 10.1. The van der Waals surface area contributed by atoms with Crippen LogP contribution in [-0.2, 0) is 16.6 Å². The molecule has 1 aromatic carbocycles. The number of pyridine rings is 1. The van der Waals surface area contributed by atoms with Gasteiger partial charge in [0, 0.05) is 32.4 Å². The number of nitrogens with one attached hydrogen (secondary N) is 1. The smallest absolute Gasteiger partial charge is 0.257 e. The van der Waals surface area contributed by atoms with E-state index in [2.05, 4.69) is 38.9 Å². The standard InChI is InChI=1S/C21H25N3O4S/c1-29(25,26)23-9-16-17-11-24(12-18(16)17)10-14-4-6-15(7-5-14)20-13-27-19-3-2-8-22-21(19)28-20/h2-8,16-18,20,23H,9-13H2,1H3/t16-,17-,18?,20+/m0/s1. The molecule has 0 bridgehead atoms. The van der Waals surface area contributed by atoms with Crippen LogP contribution in [0.15, 0.2) is 42.6 Å². The molecule has 29 heavy (non-hydrogen) atoms. The molecule has 1 unspecified atom stereocenters. The van der Waals surface area contributed by atoms with Gasteiger partial charge < -0.3 is 9.47 Å². The summed E-state index contributed by atoms with van der Waals surface area (Å²) in [6, 6.07) is 12.2. The molecule has 154 valence electrons. The van der Waals surface area contributed by atoms with E-state index in [0.717, 1.165) is 25.2 Å². The van der Waals surface area contributed by atoms with Crippen molar-refractivity contribution in [3.63, 3.8) is 0 Å². The highest BCUT2D eigenvalue weighted by Gasteiger charge is 2.55. The molecule has 7 nitrogen and oxygen atoms in total. The van der Waals surface area contributed by atoms with Crippen LogP contribution in [0, 0.1) is 17.8 Å². The van der Waals surface area contributed by atoms with E-state index >= 15 is 0 Å². The van der Waals surface area contributed by atoms with Gasteiger partial charge in [-0.05, 0) is 41.0 Å². The topological polar surface area (TPSA) is 80.8 Å². The minimum atomic E-state index is -3.09. The fourth-order valence-electron chi connectivity index (χ4n) is 4.59. The molecule has 3 heterocycles. The fraction of sp³-hybridized carbons (Fsp3) is 0.476. The normalized spacial score (nSPS) is 28.2. The summed E-state index contributed by atoms with van der Waals surface area (Å²) in [6.07, 6.45) is 2.78. The highest BCUT2D eigenvalue weighted by atomic mass is 32.2. The number of nitrogens with zero attached hydrogens (tertiary/aromatic N) is 2. The second-order valence-corrected chi connectivity index (χ2v) is 10.1. The van der Waals surface area contributed by atoms with Crippen molar-refractivity contribution in [2.24, 2.45) is 17.8 Å². The quantitative estimate of drug-likeness (QED) is 0.775. The summed E-state index contributed by atoms with van der Waals surface area (Å²) in [5.41, 5.74) is 2.36. The van der Waals surface area contributed by atoms with Crippen molar-refractivity contribution >= 4 is 10.0 Å². The zero-order valence-electron chi connectivity index (χ0n) is 16.3. The molecule has 1 aromatic heterocycles. The maximum absolute atomic E-state index is 11.2. The first-order chi connectivity index (χ1) is 14.0.